The average Bonchev–Trinajstić information content (AvgIpc) is 2.30. The molecule has 1 aromatic heterocycles. The minimum absolute atomic E-state index is 0.0296. The van der Waals surface area contributed by atoms with Gasteiger partial charge in [-0.3, -0.25) is 14.2 Å². The van der Waals surface area contributed by atoms with Gasteiger partial charge in [-0.05, 0) is 46.5 Å². The molecule has 0 saturated heterocycles. The summed E-state index contributed by atoms with van der Waals surface area (Å²) in [6.45, 7) is 4.38. The fraction of sp³-hybridized carbons (Fsp3) is 0.538. The van der Waals surface area contributed by atoms with Crippen molar-refractivity contribution in [2.45, 2.75) is 26.8 Å². The zero-order valence-electron chi connectivity index (χ0n) is 11.9. The third kappa shape index (κ3) is 3.14. The van der Waals surface area contributed by atoms with Gasteiger partial charge in [0, 0.05) is 12.1 Å². The lowest BCUT2D eigenvalue weighted by Gasteiger charge is -2.16. The molecule has 0 aliphatic rings. The Bertz CT molecular complexity index is 547. The Morgan fingerprint density at radius 1 is 1.32 bits per heavy atom. The molecule has 0 unspecified atom stereocenters. The number of carbonyl (C=O) groups is 1. The first-order valence-corrected chi connectivity index (χ1v) is 6.14. The first kappa shape index (κ1) is 15.2. The summed E-state index contributed by atoms with van der Waals surface area (Å²) in [5.41, 5.74) is 5.89. The second kappa shape index (κ2) is 5.88. The van der Waals surface area contributed by atoms with E-state index in [1.54, 1.807) is 13.8 Å². The molecular weight excluding hydrogens is 246 g/mol. The molecular formula is C13H21N3O3. The number of hydrogen-bond donors (Lipinski definition) is 2. The Balaban J connectivity index is 3.24. The highest BCUT2D eigenvalue weighted by molar-refractivity contribution is 5.96. The Kier molecular flexibility index (Phi) is 4.72. The highest BCUT2D eigenvalue weighted by Crippen LogP contribution is 2.20. The number of carbonyl (C=O) groups excluding carboxylic acids is 1. The molecule has 0 saturated carbocycles. The zero-order chi connectivity index (χ0) is 14.7. The van der Waals surface area contributed by atoms with Crippen LogP contribution in [0.1, 0.15) is 27.9 Å². The van der Waals surface area contributed by atoms with Crippen molar-refractivity contribution in [3.8, 4) is 5.88 Å². The van der Waals surface area contributed by atoms with Crippen molar-refractivity contribution in [2.24, 2.45) is 5.73 Å². The first-order valence-electron chi connectivity index (χ1n) is 6.14. The van der Waals surface area contributed by atoms with Crippen LogP contribution in [0.4, 0.5) is 0 Å². The molecule has 0 spiro atoms. The Labute approximate surface area is 112 Å². The van der Waals surface area contributed by atoms with Crippen LogP contribution in [-0.4, -0.2) is 41.1 Å². The van der Waals surface area contributed by atoms with Crippen LogP contribution in [-0.2, 0) is 6.54 Å². The van der Waals surface area contributed by atoms with Crippen molar-refractivity contribution >= 4 is 5.91 Å². The summed E-state index contributed by atoms with van der Waals surface area (Å²) in [6.07, 6.45) is 0.696. The minimum atomic E-state index is -0.723. The summed E-state index contributed by atoms with van der Waals surface area (Å²) < 4.78 is 1.21. The van der Waals surface area contributed by atoms with Gasteiger partial charge in [-0.15, -0.1) is 0 Å². The van der Waals surface area contributed by atoms with E-state index in [9.17, 15) is 14.7 Å². The second-order valence-corrected chi connectivity index (χ2v) is 4.93. The van der Waals surface area contributed by atoms with Gasteiger partial charge in [-0.1, -0.05) is 0 Å². The number of pyridine rings is 1. The predicted molar refractivity (Wildman–Crippen MR) is 73.5 cm³/mol. The summed E-state index contributed by atoms with van der Waals surface area (Å²) in [7, 11) is 3.86. The third-order valence-corrected chi connectivity index (χ3v) is 3.22. The minimum Gasteiger partial charge on any atom is -0.494 e. The van der Waals surface area contributed by atoms with E-state index >= 15 is 0 Å². The number of aromatic hydroxyl groups is 1. The Morgan fingerprint density at radius 2 is 1.89 bits per heavy atom. The molecule has 0 aliphatic heterocycles. The van der Waals surface area contributed by atoms with Crippen LogP contribution < -0.4 is 11.3 Å². The molecule has 0 bridgehead atoms. The lowest BCUT2D eigenvalue weighted by atomic mass is 10.1. The first-order chi connectivity index (χ1) is 8.77. The van der Waals surface area contributed by atoms with Crippen LogP contribution in [0.3, 0.4) is 0 Å². The van der Waals surface area contributed by atoms with E-state index in [4.69, 9.17) is 5.73 Å². The van der Waals surface area contributed by atoms with Gasteiger partial charge in [0.2, 0.25) is 5.88 Å². The largest absolute Gasteiger partial charge is 0.494 e. The normalized spacial score (nSPS) is 11.0. The van der Waals surface area contributed by atoms with Crippen LogP contribution in [0, 0.1) is 13.8 Å². The van der Waals surface area contributed by atoms with Crippen LogP contribution in [0.5, 0.6) is 5.88 Å². The number of nitrogens with zero attached hydrogens (tertiary/aromatic N) is 2. The van der Waals surface area contributed by atoms with Gasteiger partial charge >= 0.3 is 0 Å². The summed E-state index contributed by atoms with van der Waals surface area (Å²) in [6, 6.07) is 0. The van der Waals surface area contributed by atoms with Crippen molar-refractivity contribution in [3.05, 3.63) is 27.0 Å². The predicted octanol–water partition coefficient (Wildman–Crippen LogP) is 0.221. The quantitative estimate of drug-likeness (QED) is 0.799. The maximum absolute atomic E-state index is 12.1. The molecule has 0 atom stereocenters. The summed E-state index contributed by atoms with van der Waals surface area (Å²) in [5.74, 6) is -1.06. The molecule has 19 heavy (non-hydrogen) atoms. The SMILES string of the molecule is Cc1c(C(N)=O)c(O)n(CCCN(C)C)c(=O)c1C. The highest BCUT2D eigenvalue weighted by atomic mass is 16.3. The number of aromatic nitrogens is 1. The zero-order valence-corrected chi connectivity index (χ0v) is 11.9. The van der Waals surface area contributed by atoms with Gasteiger partial charge in [-0.25, -0.2) is 0 Å². The fourth-order valence-corrected chi connectivity index (χ4v) is 2.00. The monoisotopic (exact) mass is 267 g/mol. The van der Waals surface area contributed by atoms with Gasteiger partial charge < -0.3 is 15.7 Å². The molecule has 6 heteroatoms. The lowest BCUT2D eigenvalue weighted by molar-refractivity contribution is 0.0995. The third-order valence-electron chi connectivity index (χ3n) is 3.22. The molecule has 0 aliphatic carbocycles. The van der Waals surface area contributed by atoms with Gasteiger partial charge in [0.05, 0.1) is 0 Å². The summed E-state index contributed by atoms with van der Waals surface area (Å²) >= 11 is 0. The van der Waals surface area contributed by atoms with Gasteiger partial charge in [0.15, 0.2) is 0 Å². The van der Waals surface area contributed by atoms with Crippen LogP contribution in [0.2, 0.25) is 0 Å². The van der Waals surface area contributed by atoms with Gasteiger partial charge in [0.25, 0.3) is 11.5 Å². The lowest BCUT2D eigenvalue weighted by Crippen LogP contribution is -2.29. The van der Waals surface area contributed by atoms with E-state index in [1.807, 2.05) is 19.0 Å². The second-order valence-electron chi connectivity index (χ2n) is 4.93. The van der Waals surface area contributed by atoms with Crippen LogP contribution >= 0.6 is 0 Å². The molecule has 1 heterocycles. The van der Waals surface area contributed by atoms with Gasteiger partial charge in [0.1, 0.15) is 5.56 Å². The molecule has 1 rings (SSSR count). The van der Waals surface area contributed by atoms with E-state index in [2.05, 4.69) is 0 Å². The highest BCUT2D eigenvalue weighted by Gasteiger charge is 2.19. The van der Waals surface area contributed by atoms with E-state index in [1.165, 1.54) is 4.57 Å². The van der Waals surface area contributed by atoms with E-state index in [0.717, 1.165) is 6.54 Å². The maximum Gasteiger partial charge on any atom is 0.256 e. The Morgan fingerprint density at radius 3 is 2.37 bits per heavy atom. The van der Waals surface area contributed by atoms with Crippen molar-refractivity contribution in [1.82, 2.24) is 9.47 Å². The van der Waals surface area contributed by atoms with Crippen molar-refractivity contribution in [1.29, 1.82) is 0 Å². The van der Waals surface area contributed by atoms with Crippen LogP contribution in [0.25, 0.3) is 0 Å². The summed E-state index contributed by atoms with van der Waals surface area (Å²) in [5, 5.41) is 10.1. The number of amides is 1. The maximum atomic E-state index is 12.1. The molecule has 3 N–H and O–H groups in total. The standard InChI is InChI=1S/C13H21N3O3/c1-8-9(2)12(18)16(7-5-6-15(3)4)13(19)10(8)11(14)17/h19H,5-7H2,1-4H3,(H2,14,17). The van der Waals surface area contributed by atoms with Crippen LogP contribution in [0.15, 0.2) is 4.79 Å². The van der Waals surface area contributed by atoms with E-state index in [0.29, 0.717) is 24.1 Å². The van der Waals surface area contributed by atoms with E-state index < -0.39 is 5.91 Å². The molecule has 0 radical (unpaired) electrons. The smallest absolute Gasteiger partial charge is 0.256 e. The van der Waals surface area contributed by atoms with Crippen molar-refractivity contribution in [2.75, 3.05) is 20.6 Å². The van der Waals surface area contributed by atoms with E-state index in [-0.39, 0.29) is 17.0 Å². The summed E-state index contributed by atoms with van der Waals surface area (Å²) in [4.78, 5) is 25.5. The average molecular weight is 267 g/mol. The molecule has 106 valence electrons. The Hall–Kier alpha value is -1.82. The van der Waals surface area contributed by atoms with Crippen molar-refractivity contribution < 1.29 is 9.90 Å². The fourth-order valence-electron chi connectivity index (χ4n) is 2.00. The topological polar surface area (TPSA) is 88.6 Å². The number of nitrogens with two attached hydrogens (primary N) is 1. The molecule has 0 fully saturated rings. The molecule has 1 aromatic rings. The molecule has 1 amide bonds. The molecule has 6 nitrogen and oxygen atoms in total. The van der Waals surface area contributed by atoms with Crippen molar-refractivity contribution in [3.63, 3.8) is 0 Å². The molecule has 0 aromatic carbocycles. The number of primary amides is 1. The number of rotatable bonds is 5. The number of hydrogen-bond acceptors (Lipinski definition) is 4. The van der Waals surface area contributed by atoms with Gasteiger partial charge in [-0.2, -0.15) is 0 Å².